The van der Waals surface area contributed by atoms with Crippen molar-refractivity contribution in [3.05, 3.63) is 81.1 Å². The normalized spacial score (nSPS) is 13.2. The molecule has 1 fully saturated rings. The van der Waals surface area contributed by atoms with Gasteiger partial charge in [-0.3, -0.25) is 9.59 Å². The molecule has 3 aromatic rings. The van der Waals surface area contributed by atoms with Gasteiger partial charge in [0.25, 0.3) is 11.8 Å². The van der Waals surface area contributed by atoms with Crippen molar-refractivity contribution in [2.75, 3.05) is 7.05 Å². The highest BCUT2D eigenvalue weighted by atomic mass is 35.5. The van der Waals surface area contributed by atoms with Crippen LogP contribution in [-0.2, 0) is 6.54 Å². The van der Waals surface area contributed by atoms with Crippen LogP contribution in [0, 0.1) is 0 Å². The van der Waals surface area contributed by atoms with Crippen LogP contribution in [0.3, 0.4) is 0 Å². The highest BCUT2D eigenvalue weighted by molar-refractivity contribution is 6.35. The van der Waals surface area contributed by atoms with E-state index < -0.39 is 0 Å². The summed E-state index contributed by atoms with van der Waals surface area (Å²) in [6.07, 6.45) is 3.59. The van der Waals surface area contributed by atoms with Crippen LogP contribution in [-0.4, -0.2) is 28.6 Å². The Morgan fingerprint density at radius 3 is 2.63 bits per heavy atom. The van der Waals surface area contributed by atoms with Crippen molar-refractivity contribution in [2.24, 2.45) is 0 Å². The van der Waals surface area contributed by atoms with E-state index in [2.05, 4.69) is 15.7 Å². The summed E-state index contributed by atoms with van der Waals surface area (Å²) in [5.74, 6) is -0.101. The number of nitrogens with one attached hydrogen (secondary N) is 2. The molecule has 6 nitrogen and oxygen atoms in total. The number of halogens is 2. The molecular formula is C22H20Cl2N4O2. The molecule has 0 aliphatic heterocycles. The zero-order valence-corrected chi connectivity index (χ0v) is 17.8. The molecule has 0 saturated heterocycles. The highest BCUT2D eigenvalue weighted by Crippen LogP contribution is 2.43. The smallest absolute Gasteiger partial charge is 0.255 e. The largest absolute Gasteiger partial charge is 0.355 e. The molecule has 2 amide bonds. The monoisotopic (exact) mass is 442 g/mol. The first-order valence-corrected chi connectivity index (χ1v) is 10.4. The first-order valence-electron chi connectivity index (χ1n) is 9.60. The second kappa shape index (κ2) is 8.50. The number of nitrogens with zero attached hydrogens (tertiary/aromatic N) is 2. The number of benzene rings is 2. The predicted molar refractivity (Wildman–Crippen MR) is 117 cm³/mol. The van der Waals surface area contributed by atoms with Crippen LogP contribution < -0.4 is 10.6 Å². The summed E-state index contributed by atoms with van der Waals surface area (Å²) < 4.78 is 1.73. The highest BCUT2D eigenvalue weighted by Gasteiger charge is 2.33. The molecule has 0 atom stereocenters. The third-order valence-electron chi connectivity index (χ3n) is 5.02. The molecule has 154 valence electrons. The first kappa shape index (κ1) is 20.4. The maximum Gasteiger partial charge on any atom is 0.255 e. The van der Waals surface area contributed by atoms with Gasteiger partial charge in [-0.1, -0.05) is 35.3 Å². The van der Waals surface area contributed by atoms with Crippen LogP contribution in [0.1, 0.15) is 50.7 Å². The minimum absolute atomic E-state index is 0.166. The number of aromatic nitrogens is 2. The van der Waals surface area contributed by atoms with Crippen molar-refractivity contribution in [3.63, 3.8) is 0 Å². The fraction of sp³-hybridized carbons (Fsp3) is 0.227. The van der Waals surface area contributed by atoms with Crippen molar-refractivity contribution in [2.45, 2.75) is 25.3 Å². The molecule has 4 rings (SSSR count). The molecule has 1 saturated carbocycles. The Bertz CT molecular complexity index is 1120. The molecule has 2 N–H and O–H groups in total. The van der Waals surface area contributed by atoms with E-state index in [1.807, 2.05) is 6.07 Å². The molecule has 2 aromatic carbocycles. The van der Waals surface area contributed by atoms with Gasteiger partial charge >= 0.3 is 0 Å². The summed E-state index contributed by atoms with van der Waals surface area (Å²) >= 11 is 12.4. The molecule has 30 heavy (non-hydrogen) atoms. The van der Waals surface area contributed by atoms with Gasteiger partial charge in [-0.15, -0.1) is 0 Å². The SMILES string of the molecule is CNC(=O)c1cccc(CNC(=O)c2cnn(-c3ccc(Cl)cc3Cl)c2C2CC2)c1. The quantitative estimate of drug-likeness (QED) is 0.595. The third-order valence-corrected chi connectivity index (χ3v) is 5.56. The molecule has 0 radical (unpaired) electrons. The molecule has 8 heteroatoms. The molecule has 1 aliphatic carbocycles. The van der Waals surface area contributed by atoms with Gasteiger partial charge < -0.3 is 10.6 Å². The zero-order chi connectivity index (χ0) is 21.3. The van der Waals surface area contributed by atoms with Crippen molar-refractivity contribution < 1.29 is 9.59 Å². The van der Waals surface area contributed by atoms with Gasteiger partial charge in [-0.2, -0.15) is 5.10 Å². The Morgan fingerprint density at radius 1 is 1.13 bits per heavy atom. The first-order chi connectivity index (χ1) is 14.5. The third kappa shape index (κ3) is 4.20. The summed E-state index contributed by atoms with van der Waals surface area (Å²) in [7, 11) is 1.58. The summed E-state index contributed by atoms with van der Waals surface area (Å²) in [4.78, 5) is 24.7. The molecule has 0 unspecified atom stereocenters. The van der Waals surface area contributed by atoms with Gasteiger partial charge in [-0.25, -0.2) is 4.68 Å². The lowest BCUT2D eigenvalue weighted by atomic mass is 10.1. The van der Waals surface area contributed by atoms with Crippen molar-refractivity contribution in [3.8, 4) is 5.69 Å². The molecular weight excluding hydrogens is 423 g/mol. The van der Waals surface area contributed by atoms with Crippen molar-refractivity contribution in [1.29, 1.82) is 0 Å². The van der Waals surface area contributed by atoms with Crippen LogP contribution in [0.4, 0.5) is 0 Å². The summed E-state index contributed by atoms with van der Waals surface area (Å²) in [6.45, 7) is 0.306. The van der Waals surface area contributed by atoms with Gasteiger partial charge in [0.2, 0.25) is 0 Å². The average Bonchev–Trinajstić information content (AvgIpc) is 3.50. The Labute approximate surface area is 184 Å². The molecule has 1 aliphatic rings. The van der Waals surface area contributed by atoms with Gasteiger partial charge in [0.05, 0.1) is 28.2 Å². The maximum atomic E-state index is 12.9. The van der Waals surface area contributed by atoms with E-state index in [1.165, 1.54) is 0 Å². The maximum absolute atomic E-state index is 12.9. The van der Waals surface area contributed by atoms with Gasteiger partial charge in [-0.05, 0) is 48.7 Å². The summed E-state index contributed by atoms with van der Waals surface area (Å²) in [5, 5.41) is 11.0. The fourth-order valence-electron chi connectivity index (χ4n) is 3.37. The Balaban J connectivity index is 1.57. The Morgan fingerprint density at radius 2 is 1.93 bits per heavy atom. The van der Waals surface area contributed by atoms with E-state index in [1.54, 1.807) is 54.3 Å². The van der Waals surface area contributed by atoms with E-state index in [9.17, 15) is 9.59 Å². The van der Waals surface area contributed by atoms with Crippen molar-refractivity contribution >= 4 is 35.0 Å². The fourth-order valence-corrected chi connectivity index (χ4v) is 3.86. The number of carbonyl (C=O) groups excluding carboxylic acids is 2. The molecule has 1 aromatic heterocycles. The number of carbonyl (C=O) groups is 2. The van der Waals surface area contributed by atoms with Crippen LogP contribution in [0.15, 0.2) is 48.7 Å². The van der Waals surface area contributed by atoms with Crippen LogP contribution in [0.5, 0.6) is 0 Å². The topological polar surface area (TPSA) is 76.0 Å². The van der Waals surface area contributed by atoms with E-state index in [-0.39, 0.29) is 17.7 Å². The molecule has 0 bridgehead atoms. The Hall–Kier alpha value is -2.83. The molecule has 0 spiro atoms. The second-order valence-corrected chi connectivity index (χ2v) is 8.03. The second-order valence-electron chi connectivity index (χ2n) is 7.19. The number of hydrogen-bond acceptors (Lipinski definition) is 3. The molecule has 1 heterocycles. The minimum atomic E-state index is -0.210. The lowest BCUT2D eigenvalue weighted by Gasteiger charge is -2.11. The summed E-state index contributed by atoms with van der Waals surface area (Å²) in [5.41, 5.74) is 3.47. The van der Waals surface area contributed by atoms with E-state index in [0.717, 1.165) is 24.1 Å². The number of hydrogen-bond donors (Lipinski definition) is 2. The van der Waals surface area contributed by atoms with Gasteiger partial charge in [0, 0.05) is 30.1 Å². The zero-order valence-electron chi connectivity index (χ0n) is 16.3. The van der Waals surface area contributed by atoms with Gasteiger partial charge in [0.15, 0.2) is 0 Å². The summed E-state index contributed by atoms with van der Waals surface area (Å²) in [6, 6.07) is 12.4. The van der Waals surface area contributed by atoms with Crippen LogP contribution in [0.25, 0.3) is 5.69 Å². The van der Waals surface area contributed by atoms with Crippen LogP contribution in [0.2, 0.25) is 10.0 Å². The van der Waals surface area contributed by atoms with E-state index in [4.69, 9.17) is 23.2 Å². The lowest BCUT2D eigenvalue weighted by Crippen LogP contribution is -2.24. The lowest BCUT2D eigenvalue weighted by molar-refractivity contribution is 0.0947. The number of amides is 2. The predicted octanol–water partition coefficient (Wildman–Crippen LogP) is 4.35. The van der Waals surface area contributed by atoms with Crippen molar-refractivity contribution in [1.82, 2.24) is 20.4 Å². The standard InChI is InChI=1S/C22H20Cl2N4O2/c1-25-21(29)15-4-2-3-13(9-15)11-26-22(30)17-12-27-28(20(17)14-5-6-14)19-8-7-16(23)10-18(19)24/h2-4,7-10,12,14H,5-6,11H2,1H3,(H,25,29)(H,26,30). The average molecular weight is 443 g/mol. The van der Waals surface area contributed by atoms with E-state index >= 15 is 0 Å². The van der Waals surface area contributed by atoms with Crippen LogP contribution >= 0.6 is 23.2 Å². The number of rotatable bonds is 6. The van der Waals surface area contributed by atoms with E-state index in [0.29, 0.717) is 33.4 Å². The Kier molecular flexibility index (Phi) is 5.79. The minimum Gasteiger partial charge on any atom is -0.355 e. The van der Waals surface area contributed by atoms with Gasteiger partial charge in [0.1, 0.15) is 0 Å².